The summed E-state index contributed by atoms with van der Waals surface area (Å²) < 4.78 is 32.3. The molecule has 3 saturated heterocycles. The Balaban J connectivity index is 1.59. The predicted molar refractivity (Wildman–Crippen MR) is 139 cm³/mol. The lowest BCUT2D eigenvalue weighted by atomic mass is 9.98. The number of aliphatic hydroxyl groups excluding tert-OH is 10. The van der Waals surface area contributed by atoms with Crippen LogP contribution in [0.2, 0.25) is 0 Å². The fourth-order valence-electron chi connectivity index (χ4n) is 5.12. The molecule has 43 heavy (non-hydrogen) atoms. The summed E-state index contributed by atoms with van der Waals surface area (Å²) in [5, 5.41) is 102. The van der Waals surface area contributed by atoms with E-state index in [9.17, 15) is 55.9 Å². The van der Waals surface area contributed by atoms with E-state index in [0.29, 0.717) is 6.42 Å². The number of carbonyl (C=O) groups is 1. The Hall–Kier alpha value is -1.13. The first-order valence-corrected chi connectivity index (χ1v) is 14.5. The van der Waals surface area contributed by atoms with E-state index in [0.717, 1.165) is 25.7 Å². The van der Waals surface area contributed by atoms with Crippen molar-refractivity contribution in [1.29, 1.82) is 0 Å². The Morgan fingerprint density at radius 1 is 0.698 bits per heavy atom. The minimum atomic E-state index is -2.38. The molecule has 252 valence electrons. The van der Waals surface area contributed by atoms with Crippen LogP contribution in [0.1, 0.15) is 45.4 Å². The molecule has 2 unspecified atom stereocenters. The molecule has 17 heteroatoms. The van der Waals surface area contributed by atoms with Crippen LogP contribution in [-0.4, -0.2) is 169 Å². The summed E-state index contributed by atoms with van der Waals surface area (Å²) in [6, 6.07) is 0. The van der Waals surface area contributed by atoms with E-state index < -0.39 is 118 Å². The van der Waals surface area contributed by atoms with Gasteiger partial charge in [0.05, 0.1) is 13.2 Å². The second-order valence-corrected chi connectivity index (χ2v) is 11.1. The molecule has 14 atom stereocenters. The maximum Gasteiger partial charge on any atom is 0.305 e. The third-order valence-electron chi connectivity index (χ3n) is 7.88. The van der Waals surface area contributed by atoms with Gasteiger partial charge in [0.1, 0.15) is 80.4 Å². The topological polar surface area (TPSA) is 275 Å². The first kappa shape index (κ1) is 36.3. The van der Waals surface area contributed by atoms with E-state index in [1.54, 1.807) is 0 Å². The molecular formula is C26H46O17. The molecule has 3 aliphatic heterocycles. The highest BCUT2D eigenvalue weighted by Gasteiger charge is 2.58. The van der Waals surface area contributed by atoms with Gasteiger partial charge in [-0.3, -0.25) is 4.79 Å². The van der Waals surface area contributed by atoms with Crippen LogP contribution in [0.5, 0.6) is 0 Å². The normalized spacial score (nSPS) is 43.6. The molecule has 0 aromatic rings. The van der Waals surface area contributed by atoms with Crippen LogP contribution >= 0.6 is 0 Å². The van der Waals surface area contributed by atoms with Gasteiger partial charge in [-0.1, -0.05) is 32.6 Å². The molecule has 0 amide bonds. The van der Waals surface area contributed by atoms with Crippen LogP contribution in [0.3, 0.4) is 0 Å². The van der Waals surface area contributed by atoms with Crippen molar-refractivity contribution in [3.63, 3.8) is 0 Å². The molecule has 3 heterocycles. The first-order valence-electron chi connectivity index (χ1n) is 14.5. The highest BCUT2D eigenvalue weighted by Crippen LogP contribution is 2.36. The molecule has 3 fully saturated rings. The van der Waals surface area contributed by atoms with Crippen molar-refractivity contribution in [2.45, 2.75) is 131 Å². The Bertz CT molecular complexity index is 850. The van der Waals surface area contributed by atoms with Gasteiger partial charge >= 0.3 is 5.97 Å². The van der Waals surface area contributed by atoms with Gasteiger partial charge in [-0.2, -0.15) is 0 Å². The minimum absolute atomic E-state index is 0.158. The summed E-state index contributed by atoms with van der Waals surface area (Å²) in [4.78, 5) is 12.1. The summed E-state index contributed by atoms with van der Waals surface area (Å²) in [5.74, 6) is -2.91. The zero-order valence-electron chi connectivity index (χ0n) is 23.9. The van der Waals surface area contributed by atoms with Gasteiger partial charge in [-0.05, 0) is 6.42 Å². The average molecular weight is 631 g/mol. The average Bonchev–Trinajstić information content (AvgIpc) is 3.24. The summed E-state index contributed by atoms with van der Waals surface area (Å²) >= 11 is 0. The fourth-order valence-corrected chi connectivity index (χ4v) is 5.12. The van der Waals surface area contributed by atoms with Crippen molar-refractivity contribution in [2.24, 2.45) is 0 Å². The van der Waals surface area contributed by atoms with Gasteiger partial charge in [0, 0.05) is 6.42 Å². The Morgan fingerprint density at radius 2 is 1.28 bits per heavy atom. The third-order valence-corrected chi connectivity index (χ3v) is 7.88. The van der Waals surface area contributed by atoms with Crippen LogP contribution in [0.15, 0.2) is 0 Å². The number of carbonyl (C=O) groups excluding carboxylic acids is 1. The maximum atomic E-state index is 12.1. The summed E-state index contributed by atoms with van der Waals surface area (Å²) in [5.41, 5.74) is 0. The van der Waals surface area contributed by atoms with Crippen molar-refractivity contribution in [3.8, 4) is 0 Å². The second-order valence-electron chi connectivity index (χ2n) is 11.1. The Kier molecular flexibility index (Phi) is 13.9. The molecular weight excluding hydrogens is 584 g/mol. The number of rotatable bonds is 15. The molecule has 0 spiro atoms. The standard InChI is InChI=1S/C26H46O17/c1-2-3-4-5-6-7-15(29)38-9-13-16(30)19(33)21(35)24(40-13)39-10-14-17(31)20(34)22(36)25(41-14)43-26(11-28)23(37)18(32)12(8-27)42-26/h12-14,16-25,27-28,30-37H,2-11H2,1H3/t12-,13-,14-,16+,17-,18-,19+,20+,21-,22-,23+,24?,25?,26+/m1/s1. The molecule has 10 N–H and O–H groups in total. The molecule has 3 rings (SSSR count). The predicted octanol–water partition coefficient (Wildman–Crippen LogP) is -4.66. The molecule has 0 radical (unpaired) electrons. The van der Waals surface area contributed by atoms with Gasteiger partial charge < -0.3 is 79.5 Å². The number of hydrogen-bond donors (Lipinski definition) is 10. The molecule has 0 bridgehead atoms. The van der Waals surface area contributed by atoms with E-state index in [4.69, 9.17) is 28.4 Å². The van der Waals surface area contributed by atoms with Crippen molar-refractivity contribution in [3.05, 3.63) is 0 Å². The van der Waals surface area contributed by atoms with Crippen molar-refractivity contribution >= 4 is 5.97 Å². The minimum Gasteiger partial charge on any atom is -0.463 e. The van der Waals surface area contributed by atoms with Crippen LogP contribution in [0.25, 0.3) is 0 Å². The van der Waals surface area contributed by atoms with Gasteiger partial charge in [0.2, 0.25) is 5.79 Å². The molecule has 0 aromatic heterocycles. The number of ether oxygens (including phenoxy) is 6. The maximum absolute atomic E-state index is 12.1. The molecule has 0 aromatic carbocycles. The zero-order chi connectivity index (χ0) is 31.9. The number of esters is 1. The Morgan fingerprint density at radius 3 is 1.86 bits per heavy atom. The van der Waals surface area contributed by atoms with Crippen molar-refractivity contribution < 1.29 is 84.3 Å². The zero-order valence-corrected chi connectivity index (χ0v) is 23.9. The second kappa shape index (κ2) is 16.4. The van der Waals surface area contributed by atoms with E-state index in [1.807, 2.05) is 0 Å². The lowest BCUT2D eigenvalue weighted by molar-refractivity contribution is -0.388. The van der Waals surface area contributed by atoms with Crippen molar-refractivity contribution in [1.82, 2.24) is 0 Å². The SMILES string of the molecule is CCCCCCCC(=O)OC[C@H]1OC(OC[C@H]2OC(O[C@]3(CO)O[C@H](CO)[C@@H](O)[C@@H]3O)[C@H](O)[C@@H](O)[C@@H]2O)[C@H](O)[C@@H](O)[C@H]1O. The highest BCUT2D eigenvalue weighted by atomic mass is 16.8. The van der Waals surface area contributed by atoms with E-state index in [1.165, 1.54) is 0 Å². The fraction of sp³-hybridized carbons (Fsp3) is 0.962. The number of hydrogen-bond acceptors (Lipinski definition) is 17. The molecule has 17 nitrogen and oxygen atoms in total. The largest absolute Gasteiger partial charge is 0.463 e. The van der Waals surface area contributed by atoms with Crippen LogP contribution in [0, 0.1) is 0 Å². The van der Waals surface area contributed by atoms with Crippen LogP contribution < -0.4 is 0 Å². The summed E-state index contributed by atoms with van der Waals surface area (Å²) in [7, 11) is 0. The van der Waals surface area contributed by atoms with E-state index in [-0.39, 0.29) is 6.42 Å². The van der Waals surface area contributed by atoms with Gasteiger partial charge in [0.15, 0.2) is 12.6 Å². The molecule has 0 aliphatic carbocycles. The van der Waals surface area contributed by atoms with E-state index in [2.05, 4.69) is 6.92 Å². The first-order chi connectivity index (χ1) is 20.4. The highest BCUT2D eigenvalue weighted by molar-refractivity contribution is 5.69. The number of aliphatic hydroxyl groups is 10. The smallest absolute Gasteiger partial charge is 0.305 e. The van der Waals surface area contributed by atoms with Crippen molar-refractivity contribution in [2.75, 3.05) is 26.4 Å². The molecule has 0 saturated carbocycles. The van der Waals surface area contributed by atoms with Gasteiger partial charge in [-0.15, -0.1) is 0 Å². The van der Waals surface area contributed by atoms with Gasteiger partial charge in [-0.25, -0.2) is 0 Å². The third kappa shape index (κ3) is 8.57. The lowest BCUT2D eigenvalue weighted by Crippen LogP contribution is -2.63. The molecule has 3 aliphatic rings. The summed E-state index contributed by atoms with van der Waals surface area (Å²) in [6.07, 6.45) is -17.3. The number of unbranched alkanes of at least 4 members (excludes halogenated alkanes) is 4. The van der Waals surface area contributed by atoms with Crippen LogP contribution in [0.4, 0.5) is 0 Å². The summed E-state index contributed by atoms with van der Waals surface area (Å²) in [6.45, 7) is -0.854. The quantitative estimate of drug-likeness (QED) is 0.0601. The lowest BCUT2D eigenvalue weighted by Gasteiger charge is -2.44. The van der Waals surface area contributed by atoms with E-state index >= 15 is 0 Å². The van der Waals surface area contributed by atoms with Crippen LogP contribution in [-0.2, 0) is 33.2 Å². The van der Waals surface area contributed by atoms with Gasteiger partial charge in [0.25, 0.3) is 0 Å². The Labute approximate surface area is 248 Å². The monoisotopic (exact) mass is 630 g/mol.